The van der Waals surface area contributed by atoms with Gasteiger partial charge in [0.2, 0.25) is 0 Å². The fourth-order valence-corrected chi connectivity index (χ4v) is 7.73. The Balaban J connectivity index is -0.000000199. The molecule has 0 spiro atoms. The minimum atomic E-state index is -3.29. The van der Waals surface area contributed by atoms with Gasteiger partial charge in [0, 0.05) is 0 Å². The Labute approximate surface area is 275 Å². The van der Waals surface area contributed by atoms with E-state index in [0.29, 0.717) is 0 Å². The first-order valence-electron chi connectivity index (χ1n) is 12.3. The molecule has 0 aromatic heterocycles. The van der Waals surface area contributed by atoms with Gasteiger partial charge in [-0.05, 0) is 74.5 Å². The third-order valence-electron chi connectivity index (χ3n) is 6.85. The zero-order valence-corrected chi connectivity index (χ0v) is 38.6. The van der Waals surface area contributed by atoms with Crippen LogP contribution in [0.25, 0.3) is 0 Å². The van der Waals surface area contributed by atoms with Gasteiger partial charge in [0.05, 0.1) is 8.07 Å². The molecule has 0 bridgehead atoms. The van der Waals surface area contributed by atoms with Crippen molar-refractivity contribution >= 4 is 86.1 Å². The van der Waals surface area contributed by atoms with E-state index in [1.807, 2.05) is 0 Å². The van der Waals surface area contributed by atoms with Crippen LogP contribution in [0.5, 0.6) is 0 Å². The van der Waals surface area contributed by atoms with Crippen molar-refractivity contribution in [2.24, 2.45) is 23.7 Å². The summed E-state index contributed by atoms with van der Waals surface area (Å²) in [6.07, 6.45) is 1.45. The molecule has 0 radical (unpaired) electrons. The van der Waals surface area contributed by atoms with Crippen molar-refractivity contribution in [3.8, 4) is 0 Å². The molecule has 12 heteroatoms. The molecule has 0 aromatic rings. The van der Waals surface area contributed by atoms with Crippen LogP contribution >= 0.6 is 70.7 Å². The average Bonchev–Trinajstić information content (AvgIpc) is 2.93. The molecule has 1 saturated carbocycles. The van der Waals surface area contributed by atoms with Crippen LogP contribution in [0, 0.1) is 31.1 Å². The summed E-state index contributed by atoms with van der Waals surface area (Å²) in [4.78, 5) is 0. The van der Waals surface area contributed by atoms with E-state index < -0.39 is 49.1 Å². The van der Waals surface area contributed by atoms with Crippen molar-refractivity contribution in [2.45, 2.75) is 107 Å². The average molecular weight is 875 g/mol. The molecule has 0 aromatic carbocycles. The van der Waals surface area contributed by atoms with Gasteiger partial charge >= 0.3 is 93.3 Å². The van der Waals surface area contributed by atoms with Crippen molar-refractivity contribution in [3.05, 3.63) is 29.7 Å². The van der Waals surface area contributed by atoms with Gasteiger partial charge < -0.3 is 7.43 Å². The second-order valence-corrected chi connectivity index (χ2v) is 58.5. The predicted octanol–water partition coefficient (Wildman–Crippen LogP) is 14.6. The predicted molar refractivity (Wildman–Crippen MR) is 182 cm³/mol. The van der Waals surface area contributed by atoms with Gasteiger partial charge in [-0.25, -0.2) is 0 Å². The standard InChI is InChI=1S/C12H22Si.C9H18.C3H9ClSi.CH3.7ClH.2Zr/c1-8-9(2)11(4)12(10(8)3)13(5,6)7;1-6-5-7(2)9(4)8(6)3;1-5(2,3)4;;;;;;;;;;/h12H,1-7H3;6-9H,5H2,1-4H3;1-3H3;1H3;7*1H;;/q;;;-1;;;;;;;;+3;+4/p-7. The topological polar surface area (TPSA) is 0 Å². The van der Waals surface area contributed by atoms with Crippen molar-refractivity contribution in [1.29, 1.82) is 0 Å². The fraction of sp³-hybridized carbons (Fsp3) is 0.800. The summed E-state index contributed by atoms with van der Waals surface area (Å²) in [7, 11) is 33.0. The molecule has 2 aliphatic carbocycles. The van der Waals surface area contributed by atoms with E-state index in [2.05, 4.69) is 94.7 Å². The van der Waals surface area contributed by atoms with E-state index in [1.54, 1.807) is 22.3 Å². The zero-order chi connectivity index (χ0) is 30.0. The minimum absolute atomic E-state index is 0. The van der Waals surface area contributed by atoms with Crippen LogP contribution in [-0.2, 0) is 33.7 Å². The summed E-state index contributed by atoms with van der Waals surface area (Å²) in [5, 5.41) is 0. The normalized spacial score (nSPS) is 23.8. The van der Waals surface area contributed by atoms with Crippen molar-refractivity contribution in [1.82, 2.24) is 0 Å². The Morgan fingerprint density at radius 2 is 0.865 bits per heavy atom. The molecule has 225 valence electrons. The quantitative estimate of drug-likeness (QED) is 0.140. The van der Waals surface area contributed by atoms with E-state index in [0.717, 1.165) is 29.2 Å². The third kappa shape index (κ3) is 27.3. The maximum atomic E-state index is 5.67. The molecule has 0 amide bonds. The zero-order valence-electron chi connectivity index (χ0n) is 25.6. The van der Waals surface area contributed by atoms with Gasteiger partial charge in [-0.15, -0.1) is 0 Å². The SMILES string of the molecule is CC1=C(C)C([Si](C)(C)C)C(C)=C1C.CC1CC(C)C(C)C1C.C[Si](C)(C)Cl.[CH3-].[Cl][Zr]([Cl])([Cl])[Cl].[Cl][Zr]([Cl])[Cl]. The summed E-state index contributed by atoms with van der Waals surface area (Å²) < 4.78 is 0. The Morgan fingerprint density at radius 1 is 0.676 bits per heavy atom. The number of rotatable bonds is 1. The molecule has 0 aliphatic heterocycles. The first-order chi connectivity index (χ1) is 15.6. The van der Waals surface area contributed by atoms with Crippen LogP contribution in [0.1, 0.15) is 61.8 Å². The molecule has 37 heavy (non-hydrogen) atoms. The molecule has 1 fully saturated rings. The molecule has 0 heterocycles. The number of allylic oxidation sites excluding steroid dienone is 4. The van der Waals surface area contributed by atoms with Gasteiger partial charge in [0.1, 0.15) is 7.38 Å². The Morgan fingerprint density at radius 3 is 0.946 bits per heavy atom. The van der Waals surface area contributed by atoms with E-state index in [4.69, 9.17) is 70.7 Å². The third-order valence-corrected chi connectivity index (χ3v) is 9.44. The van der Waals surface area contributed by atoms with E-state index >= 15 is 0 Å². The van der Waals surface area contributed by atoms with E-state index in [1.165, 1.54) is 6.42 Å². The molecule has 2 rings (SSSR count). The summed E-state index contributed by atoms with van der Waals surface area (Å²) >= 11 is 0.251. The van der Waals surface area contributed by atoms with Gasteiger partial charge in [-0.1, -0.05) is 78.1 Å². The molecule has 0 nitrogen and oxygen atoms in total. The summed E-state index contributed by atoms with van der Waals surface area (Å²) in [5.41, 5.74) is 7.16. The second kappa shape index (κ2) is 21.7. The molecule has 4 unspecified atom stereocenters. The van der Waals surface area contributed by atoms with Crippen LogP contribution < -0.4 is 0 Å². The van der Waals surface area contributed by atoms with Gasteiger partial charge in [0.25, 0.3) is 0 Å². The van der Waals surface area contributed by atoms with Crippen molar-refractivity contribution in [3.63, 3.8) is 0 Å². The van der Waals surface area contributed by atoms with Crippen LogP contribution in [-0.4, -0.2) is 15.5 Å². The number of hydrogen-bond acceptors (Lipinski definition) is 0. The molecule has 0 saturated heterocycles. The maximum absolute atomic E-state index is 5.67. The molecule has 4 atom stereocenters. The van der Waals surface area contributed by atoms with Gasteiger partial charge in [-0.2, -0.15) is 11.1 Å². The van der Waals surface area contributed by atoms with Crippen LogP contribution in [0.15, 0.2) is 22.3 Å². The Hall–Kier alpha value is 4.00. The van der Waals surface area contributed by atoms with Crippen LogP contribution in [0.4, 0.5) is 0 Å². The molecule has 0 N–H and O–H groups in total. The Bertz CT molecular complexity index is 634. The van der Waals surface area contributed by atoms with Crippen LogP contribution in [0.3, 0.4) is 0 Å². The number of hydrogen-bond donors (Lipinski definition) is 0. The van der Waals surface area contributed by atoms with Crippen molar-refractivity contribution < 1.29 is 33.7 Å². The van der Waals surface area contributed by atoms with Crippen LogP contribution in [0.2, 0.25) is 44.8 Å². The number of halogens is 8. The molecule has 2 aliphatic rings. The van der Waals surface area contributed by atoms with Crippen molar-refractivity contribution in [2.75, 3.05) is 0 Å². The second-order valence-electron chi connectivity index (χ2n) is 12.0. The van der Waals surface area contributed by atoms with Gasteiger partial charge in [0.15, 0.2) is 0 Å². The Kier molecular flexibility index (Phi) is 28.1. The molecular weight excluding hydrogens is 823 g/mol. The summed E-state index contributed by atoms with van der Waals surface area (Å²) in [6.45, 7) is 32.4. The summed E-state index contributed by atoms with van der Waals surface area (Å²) in [5.74, 6) is 3.85. The first kappa shape index (κ1) is 47.9. The first-order valence-corrected chi connectivity index (χ1v) is 42.5. The van der Waals surface area contributed by atoms with E-state index in [-0.39, 0.29) is 7.43 Å². The fourth-order valence-electron chi connectivity index (χ4n) is 4.70. The summed E-state index contributed by atoms with van der Waals surface area (Å²) in [6, 6.07) is 0. The van der Waals surface area contributed by atoms with E-state index in [9.17, 15) is 0 Å². The van der Waals surface area contributed by atoms with Gasteiger partial charge in [-0.3, -0.25) is 0 Å². The monoisotopic (exact) mass is 868 g/mol. The molecular formula is C25H52Cl8Si2Zr2-.